The predicted octanol–water partition coefficient (Wildman–Crippen LogP) is 3.42. The summed E-state index contributed by atoms with van der Waals surface area (Å²) < 4.78 is 5.78. The standard InChI is InChI=1S/C23H30N4O3/c1-17(2)15-27-12-13-30-21(16-27)14-24-22(28)18-8-10-20(11-9-18)26-23(29)25-19-6-4-3-5-7-19/h3-11,17,21H,12-16H2,1-2H3,(H,24,28)(H2,25,26,29). The Morgan fingerprint density at radius 3 is 2.37 bits per heavy atom. The number of anilines is 2. The van der Waals surface area contributed by atoms with Crippen LogP contribution in [0.15, 0.2) is 54.6 Å². The van der Waals surface area contributed by atoms with Crippen LogP contribution in [-0.4, -0.2) is 55.7 Å². The van der Waals surface area contributed by atoms with Crippen LogP contribution in [0.2, 0.25) is 0 Å². The lowest BCUT2D eigenvalue weighted by Gasteiger charge is -2.33. The van der Waals surface area contributed by atoms with Crippen LogP contribution < -0.4 is 16.0 Å². The molecule has 0 saturated carbocycles. The van der Waals surface area contributed by atoms with Crippen molar-refractivity contribution < 1.29 is 14.3 Å². The highest BCUT2D eigenvalue weighted by atomic mass is 16.5. The summed E-state index contributed by atoms with van der Waals surface area (Å²) in [6.07, 6.45) is 0.00377. The molecule has 1 aliphatic rings. The maximum atomic E-state index is 12.4. The summed E-state index contributed by atoms with van der Waals surface area (Å²) in [5, 5.41) is 8.45. The van der Waals surface area contributed by atoms with Gasteiger partial charge in [-0.05, 0) is 42.3 Å². The number of amides is 3. The number of rotatable bonds is 7. The molecular weight excluding hydrogens is 380 g/mol. The Kier molecular flexibility index (Phi) is 7.82. The van der Waals surface area contributed by atoms with Crippen molar-refractivity contribution in [3.8, 4) is 0 Å². The van der Waals surface area contributed by atoms with E-state index in [9.17, 15) is 9.59 Å². The molecule has 160 valence electrons. The molecule has 1 atom stereocenters. The van der Waals surface area contributed by atoms with E-state index in [1.165, 1.54) is 0 Å². The van der Waals surface area contributed by atoms with Gasteiger partial charge in [0.05, 0.1) is 12.7 Å². The molecule has 0 spiro atoms. The van der Waals surface area contributed by atoms with Crippen molar-refractivity contribution in [2.75, 3.05) is 43.4 Å². The first-order valence-corrected chi connectivity index (χ1v) is 10.3. The quantitative estimate of drug-likeness (QED) is 0.653. The first-order chi connectivity index (χ1) is 14.5. The minimum Gasteiger partial charge on any atom is -0.374 e. The Morgan fingerprint density at radius 1 is 1.03 bits per heavy atom. The van der Waals surface area contributed by atoms with Crippen LogP contribution in [0, 0.1) is 5.92 Å². The molecule has 2 aromatic rings. The average Bonchev–Trinajstić information content (AvgIpc) is 2.73. The van der Waals surface area contributed by atoms with Crippen molar-refractivity contribution in [2.24, 2.45) is 5.92 Å². The summed E-state index contributed by atoms with van der Waals surface area (Å²) >= 11 is 0. The number of morpholine rings is 1. The number of ether oxygens (including phenoxy) is 1. The zero-order valence-corrected chi connectivity index (χ0v) is 17.6. The number of nitrogens with one attached hydrogen (secondary N) is 3. The number of urea groups is 1. The van der Waals surface area contributed by atoms with Gasteiger partial charge in [0.1, 0.15) is 0 Å². The summed E-state index contributed by atoms with van der Waals surface area (Å²) in [4.78, 5) is 26.9. The van der Waals surface area contributed by atoms with E-state index in [4.69, 9.17) is 4.74 Å². The number of hydrogen-bond donors (Lipinski definition) is 3. The molecule has 1 fully saturated rings. The fraction of sp³-hybridized carbons (Fsp3) is 0.391. The molecular formula is C23H30N4O3. The first-order valence-electron chi connectivity index (χ1n) is 10.3. The van der Waals surface area contributed by atoms with Gasteiger partial charge >= 0.3 is 6.03 Å². The fourth-order valence-corrected chi connectivity index (χ4v) is 3.41. The summed E-state index contributed by atoms with van der Waals surface area (Å²) in [5.41, 5.74) is 1.86. The number of para-hydroxylation sites is 1. The number of carbonyl (C=O) groups is 2. The van der Waals surface area contributed by atoms with Crippen LogP contribution in [0.4, 0.5) is 16.2 Å². The lowest BCUT2D eigenvalue weighted by atomic mass is 10.1. The third-order valence-electron chi connectivity index (χ3n) is 4.77. The van der Waals surface area contributed by atoms with E-state index in [1.54, 1.807) is 24.3 Å². The molecule has 1 saturated heterocycles. The van der Waals surface area contributed by atoms with Crippen molar-refractivity contribution >= 4 is 23.3 Å². The second kappa shape index (κ2) is 10.8. The summed E-state index contributed by atoms with van der Waals surface area (Å²) in [6.45, 7) is 8.39. The Morgan fingerprint density at radius 2 is 1.70 bits per heavy atom. The van der Waals surface area contributed by atoms with Crippen LogP contribution in [-0.2, 0) is 4.74 Å². The van der Waals surface area contributed by atoms with Gasteiger partial charge in [0, 0.05) is 43.1 Å². The van der Waals surface area contributed by atoms with Crippen molar-refractivity contribution in [1.82, 2.24) is 10.2 Å². The van der Waals surface area contributed by atoms with Gasteiger partial charge in [-0.2, -0.15) is 0 Å². The van der Waals surface area contributed by atoms with Gasteiger partial charge in [-0.15, -0.1) is 0 Å². The van der Waals surface area contributed by atoms with Crippen LogP contribution in [0.3, 0.4) is 0 Å². The SMILES string of the molecule is CC(C)CN1CCOC(CNC(=O)c2ccc(NC(=O)Nc3ccccc3)cc2)C1. The van der Waals surface area contributed by atoms with Crippen LogP contribution in [0.5, 0.6) is 0 Å². The molecule has 0 radical (unpaired) electrons. The third kappa shape index (κ3) is 6.86. The third-order valence-corrected chi connectivity index (χ3v) is 4.77. The van der Waals surface area contributed by atoms with Crippen molar-refractivity contribution in [2.45, 2.75) is 20.0 Å². The molecule has 0 aromatic heterocycles. The molecule has 7 nitrogen and oxygen atoms in total. The zero-order valence-electron chi connectivity index (χ0n) is 17.6. The Hall–Kier alpha value is -2.90. The average molecular weight is 411 g/mol. The molecule has 3 rings (SSSR count). The highest BCUT2D eigenvalue weighted by molar-refractivity contribution is 6.00. The van der Waals surface area contributed by atoms with E-state index in [0.717, 1.165) is 19.6 Å². The van der Waals surface area contributed by atoms with Gasteiger partial charge in [-0.1, -0.05) is 32.0 Å². The molecule has 30 heavy (non-hydrogen) atoms. The number of carbonyl (C=O) groups excluding carboxylic acids is 2. The van der Waals surface area contributed by atoms with E-state index in [1.807, 2.05) is 30.3 Å². The number of benzene rings is 2. The molecule has 1 aliphatic heterocycles. The normalized spacial score (nSPS) is 16.8. The predicted molar refractivity (Wildman–Crippen MR) is 119 cm³/mol. The lowest BCUT2D eigenvalue weighted by Crippen LogP contribution is -2.48. The Bertz CT molecular complexity index is 824. The number of hydrogen-bond acceptors (Lipinski definition) is 4. The monoisotopic (exact) mass is 410 g/mol. The Balaban J connectivity index is 1.45. The van der Waals surface area contributed by atoms with Crippen LogP contribution in [0.1, 0.15) is 24.2 Å². The molecule has 3 N–H and O–H groups in total. The highest BCUT2D eigenvalue weighted by Gasteiger charge is 2.21. The summed E-state index contributed by atoms with van der Waals surface area (Å²) in [5.74, 6) is 0.458. The topological polar surface area (TPSA) is 82.7 Å². The number of nitrogens with zero attached hydrogens (tertiary/aromatic N) is 1. The highest BCUT2D eigenvalue weighted by Crippen LogP contribution is 2.12. The van der Waals surface area contributed by atoms with Crippen LogP contribution >= 0.6 is 0 Å². The van der Waals surface area contributed by atoms with Gasteiger partial charge in [-0.3, -0.25) is 9.69 Å². The van der Waals surface area contributed by atoms with Crippen molar-refractivity contribution in [1.29, 1.82) is 0 Å². The first kappa shape index (κ1) is 21.8. The van der Waals surface area contributed by atoms with Gasteiger partial charge in [0.15, 0.2) is 0 Å². The minimum absolute atomic E-state index is 0.00377. The second-order valence-electron chi connectivity index (χ2n) is 7.88. The summed E-state index contributed by atoms with van der Waals surface area (Å²) in [7, 11) is 0. The van der Waals surface area contributed by atoms with Gasteiger partial charge < -0.3 is 20.7 Å². The van der Waals surface area contributed by atoms with Gasteiger partial charge in [0.2, 0.25) is 0 Å². The largest absolute Gasteiger partial charge is 0.374 e. The fourth-order valence-electron chi connectivity index (χ4n) is 3.41. The second-order valence-corrected chi connectivity index (χ2v) is 7.88. The van der Waals surface area contributed by atoms with Gasteiger partial charge in [-0.25, -0.2) is 4.79 Å². The van der Waals surface area contributed by atoms with E-state index < -0.39 is 0 Å². The summed E-state index contributed by atoms with van der Waals surface area (Å²) in [6, 6.07) is 15.7. The van der Waals surface area contributed by atoms with Crippen molar-refractivity contribution in [3.63, 3.8) is 0 Å². The molecule has 0 aliphatic carbocycles. The van der Waals surface area contributed by atoms with E-state index in [2.05, 4.69) is 34.7 Å². The van der Waals surface area contributed by atoms with Gasteiger partial charge in [0.25, 0.3) is 5.91 Å². The molecule has 1 unspecified atom stereocenters. The molecule has 3 amide bonds. The Labute approximate surface area is 177 Å². The molecule has 0 bridgehead atoms. The van der Waals surface area contributed by atoms with E-state index >= 15 is 0 Å². The van der Waals surface area contributed by atoms with E-state index in [0.29, 0.717) is 36.0 Å². The molecule has 7 heteroatoms. The maximum Gasteiger partial charge on any atom is 0.323 e. The van der Waals surface area contributed by atoms with Crippen molar-refractivity contribution in [3.05, 3.63) is 60.2 Å². The minimum atomic E-state index is -0.334. The molecule has 1 heterocycles. The lowest BCUT2D eigenvalue weighted by molar-refractivity contribution is -0.0295. The zero-order chi connectivity index (χ0) is 21.3. The maximum absolute atomic E-state index is 12.4. The molecule has 2 aromatic carbocycles. The van der Waals surface area contributed by atoms with E-state index in [-0.39, 0.29) is 18.0 Å². The van der Waals surface area contributed by atoms with Crippen LogP contribution in [0.25, 0.3) is 0 Å². The smallest absolute Gasteiger partial charge is 0.323 e.